The SMILES string of the molecule is Nc1nc(/C(=N/O)C(=O)N[C@H]2Cc3cccc(C(=O)O)c3OB2O)c(Cl)s1. The molecule has 27 heavy (non-hydrogen) atoms. The zero-order valence-electron chi connectivity index (χ0n) is 13.4. The molecule has 2 aromatic rings. The van der Waals surface area contributed by atoms with Crippen molar-refractivity contribution >= 4 is 52.8 Å². The number of hydrogen-bond donors (Lipinski definition) is 5. The van der Waals surface area contributed by atoms with Crippen molar-refractivity contribution in [3.8, 4) is 5.75 Å². The highest BCUT2D eigenvalue weighted by Gasteiger charge is 2.39. The Morgan fingerprint density at radius 3 is 2.81 bits per heavy atom. The van der Waals surface area contributed by atoms with Crippen molar-refractivity contribution < 1.29 is 29.6 Å². The van der Waals surface area contributed by atoms with Crippen molar-refractivity contribution in [1.29, 1.82) is 0 Å². The van der Waals surface area contributed by atoms with Crippen molar-refractivity contribution in [2.24, 2.45) is 5.16 Å². The number of carbonyl (C=O) groups excluding carboxylic acids is 1. The summed E-state index contributed by atoms with van der Waals surface area (Å²) in [7, 11) is -1.52. The number of carbonyl (C=O) groups is 2. The molecule has 1 amide bonds. The Kier molecular flexibility index (Phi) is 5.21. The first kappa shape index (κ1) is 19.0. The molecule has 0 saturated carbocycles. The van der Waals surface area contributed by atoms with Crippen molar-refractivity contribution in [3.05, 3.63) is 39.4 Å². The molecule has 0 radical (unpaired) electrons. The average molecular weight is 411 g/mol. The lowest BCUT2D eigenvalue weighted by molar-refractivity contribution is -0.115. The zero-order chi connectivity index (χ0) is 19.7. The Labute approximate surface area is 161 Å². The summed E-state index contributed by atoms with van der Waals surface area (Å²) in [5.41, 5.74) is 5.33. The van der Waals surface area contributed by atoms with Gasteiger partial charge in [-0.2, -0.15) is 0 Å². The summed E-state index contributed by atoms with van der Waals surface area (Å²) in [6, 6.07) is 4.49. The molecule has 1 aliphatic rings. The number of aromatic nitrogens is 1. The van der Waals surface area contributed by atoms with Gasteiger partial charge in [-0.1, -0.05) is 40.2 Å². The number of carboxylic acid groups (broad SMARTS) is 1. The maximum Gasteiger partial charge on any atom is 0.547 e. The summed E-state index contributed by atoms with van der Waals surface area (Å²) in [6.45, 7) is 0. The number of carboxylic acids is 1. The molecular formula is C14H12BClN4O6S. The fraction of sp³-hybridized carbons (Fsp3) is 0.143. The molecule has 6 N–H and O–H groups in total. The van der Waals surface area contributed by atoms with E-state index >= 15 is 0 Å². The molecular weight excluding hydrogens is 399 g/mol. The Morgan fingerprint density at radius 1 is 1.48 bits per heavy atom. The summed E-state index contributed by atoms with van der Waals surface area (Å²) in [5.74, 6) is -2.96. The molecule has 0 aliphatic carbocycles. The molecule has 1 atom stereocenters. The molecule has 0 spiro atoms. The van der Waals surface area contributed by atoms with Crippen LogP contribution in [-0.4, -0.2) is 51.0 Å². The van der Waals surface area contributed by atoms with Crippen LogP contribution in [0.2, 0.25) is 4.34 Å². The van der Waals surface area contributed by atoms with Gasteiger partial charge < -0.3 is 31.0 Å². The molecule has 1 aromatic carbocycles. The number of amides is 1. The molecule has 1 aromatic heterocycles. The molecule has 0 unspecified atom stereocenters. The number of nitrogen functional groups attached to an aromatic ring is 1. The van der Waals surface area contributed by atoms with E-state index in [9.17, 15) is 19.7 Å². The first-order chi connectivity index (χ1) is 12.8. The van der Waals surface area contributed by atoms with E-state index in [0.29, 0.717) is 5.56 Å². The van der Waals surface area contributed by atoms with Gasteiger partial charge in [-0.15, -0.1) is 0 Å². The van der Waals surface area contributed by atoms with Crippen LogP contribution in [-0.2, 0) is 11.2 Å². The minimum absolute atomic E-state index is 0.0365. The molecule has 0 fully saturated rings. The highest BCUT2D eigenvalue weighted by Crippen LogP contribution is 2.30. The molecule has 2 heterocycles. The molecule has 3 rings (SSSR count). The van der Waals surface area contributed by atoms with Crippen molar-refractivity contribution in [2.75, 3.05) is 5.73 Å². The largest absolute Gasteiger partial charge is 0.547 e. The molecule has 140 valence electrons. The van der Waals surface area contributed by atoms with Crippen LogP contribution in [0.5, 0.6) is 5.75 Å². The van der Waals surface area contributed by atoms with Crippen LogP contribution in [0.4, 0.5) is 5.13 Å². The third-order valence-corrected chi connectivity index (χ3v) is 4.89. The minimum Gasteiger partial charge on any atom is -0.534 e. The fourth-order valence-corrected chi connectivity index (χ4v) is 3.54. The van der Waals surface area contributed by atoms with Gasteiger partial charge in [-0.05, 0) is 18.1 Å². The number of thiazole rings is 1. The molecule has 0 bridgehead atoms. The summed E-state index contributed by atoms with van der Waals surface area (Å²) in [6.07, 6.45) is 0.0923. The standard InChI is InChI=1S/C14H12BClN4O6S/c16-11-8(19-14(17)27-11)9(20-25)12(21)18-7-4-5-2-1-3-6(13(22)23)10(5)26-15(7)24/h1-3,7,24-25H,4H2,(H2,17,19)(H,18,21)(H,22,23)/b20-9-/t7-/m0/s1. The van der Waals surface area contributed by atoms with Gasteiger partial charge in [-0.3, -0.25) is 4.79 Å². The highest BCUT2D eigenvalue weighted by atomic mass is 35.5. The monoisotopic (exact) mass is 410 g/mol. The predicted octanol–water partition coefficient (Wildman–Crippen LogP) is 0.395. The smallest absolute Gasteiger partial charge is 0.534 e. The van der Waals surface area contributed by atoms with Crippen LogP contribution >= 0.6 is 22.9 Å². The van der Waals surface area contributed by atoms with Gasteiger partial charge in [0.05, 0.1) is 11.5 Å². The van der Waals surface area contributed by atoms with Crippen LogP contribution in [0.25, 0.3) is 0 Å². The first-order valence-corrected chi connectivity index (χ1v) is 8.66. The molecule has 10 nitrogen and oxygen atoms in total. The Bertz CT molecular complexity index is 952. The number of rotatable bonds is 4. The fourth-order valence-electron chi connectivity index (χ4n) is 2.62. The van der Waals surface area contributed by atoms with Crippen LogP contribution in [0.1, 0.15) is 21.6 Å². The van der Waals surface area contributed by atoms with E-state index in [1.54, 1.807) is 6.07 Å². The van der Waals surface area contributed by atoms with E-state index in [1.165, 1.54) is 12.1 Å². The second-order valence-corrected chi connectivity index (χ2v) is 7.15. The number of para-hydroxylation sites is 1. The minimum atomic E-state index is -1.52. The third kappa shape index (κ3) is 3.67. The van der Waals surface area contributed by atoms with E-state index in [1.807, 2.05) is 0 Å². The Hall–Kier alpha value is -2.83. The molecule has 0 saturated heterocycles. The number of anilines is 1. The van der Waals surface area contributed by atoms with E-state index < -0.39 is 30.6 Å². The zero-order valence-corrected chi connectivity index (χ0v) is 15.0. The lowest BCUT2D eigenvalue weighted by Crippen LogP contribution is -2.54. The third-order valence-electron chi connectivity index (χ3n) is 3.81. The van der Waals surface area contributed by atoms with Crippen molar-refractivity contribution in [2.45, 2.75) is 12.4 Å². The maximum absolute atomic E-state index is 12.4. The second kappa shape index (κ2) is 7.43. The summed E-state index contributed by atoms with van der Waals surface area (Å²) >= 11 is 6.82. The van der Waals surface area contributed by atoms with E-state index in [4.69, 9.17) is 27.2 Å². The normalized spacial score (nSPS) is 16.4. The highest BCUT2D eigenvalue weighted by molar-refractivity contribution is 7.19. The van der Waals surface area contributed by atoms with Crippen molar-refractivity contribution in [3.63, 3.8) is 0 Å². The lowest BCUT2D eigenvalue weighted by Gasteiger charge is -2.28. The number of oxime groups is 1. The number of hydrogen-bond acceptors (Lipinski definition) is 9. The van der Waals surface area contributed by atoms with Crippen LogP contribution in [0.15, 0.2) is 23.4 Å². The number of nitrogens with one attached hydrogen (secondary N) is 1. The number of nitrogens with zero attached hydrogens (tertiary/aromatic N) is 2. The number of fused-ring (bicyclic) bond motifs is 1. The number of halogens is 1. The number of aromatic carboxylic acids is 1. The van der Waals surface area contributed by atoms with Crippen LogP contribution in [0.3, 0.4) is 0 Å². The van der Waals surface area contributed by atoms with Gasteiger partial charge in [0.1, 0.15) is 15.8 Å². The van der Waals surface area contributed by atoms with Crippen molar-refractivity contribution in [1.82, 2.24) is 10.3 Å². The van der Waals surface area contributed by atoms with Gasteiger partial charge in [0.25, 0.3) is 5.91 Å². The topological polar surface area (TPSA) is 167 Å². The average Bonchev–Trinajstić information content (AvgIpc) is 2.93. The van der Waals surface area contributed by atoms with Crippen LogP contribution in [0, 0.1) is 0 Å². The lowest BCUT2D eigenvalue weighted by atomic mass is 9.72. The number of benzene rings is 1. The van der Waals surface area contributed by atoms with Gasteiger partial charge >= 0.3 is 13.1 Å². The van der Waals surface area contributed by atoms with Gasteiger partial charge in [0, 0.05) is 0 Å². The van der Waals surface area contributed by atoms with Crippen LogP contribution < -0.4 is 15.7 Å². The molecule has 1 aliphatic heterocycles. The van der Waals surface area contributed by atoms with Gasteiger partial charge in [0.2, 0.25) is 0 Å². The predicted molar refractivity (Wildman–Crippen MR) is 97.5 cm³/mol. The van der Waals surface area contributed by atoms with E-state index in [2.05, 4.69) is 15.5 Å². The Morgan fingerprint density at radius 2 is 2.22 bits per heavy atom. The summed E-state index contributed by atoms with van der Waals surface area (Å²) in [4.78, 5) is 27.5. The Balaban J connectivity index is 1.82. The quantitative estimate of drug-likeness (QED) is 0.209. The molecule has 13 heteroatoms. The van der Waals surface area contributed by atoms with E-state index in [-0.39, 0.29) is 32.9 Å². The summed E-state index contributed by atoms with van der Waals surface area (Å²) < 4.78 is 5.35. The summed E-state index contributed by atoms with van der Waals surface area (Å²) in [5, 5.41) is 34.0. The second-order valence-electron chi connectivity index (χ2n) is 5.51. The first-order valence-electron chi connectivity index (χ1n) is 7.46. The van der Waals surface area contributed by atoms with E-state index in [0.717, 1.165) is 11.3 Å². The number of nitrogens with two attached hydrogens (primary N) is 1. The van der Waals surface area contributed by atoms with Gasteiger partial charge in [0.15, 0.2) is 10.8 Å². The van der Waals surface area contributed by atoms with Gasteiger partial charge in [-0.25, -0.2) is 9.78 Å². The maximum atomic E-state index is 12.4.